The lowest BCUT2D eigenvalue weighted by Gasteiger charge is -2.24. The highest BCUT2D eigenvalue weighted by molar-refractivity contribution is 7.15. The van der Waals surface area contributed by atoms with Crippen LogP contribution in [0.25, 0.3) is 11.0 Å². The fourth-order valence-corrected chi connectivity index (χ4v) is 4.38. The van der Waals surface area contributed by atoms with Crippen LogP contribution in [-0.4, -0.2) is 42.5 Å². The summed E-state index contributed by atoms with van der Waals surface area (Å²) in [6.07, 6.45) is 1.25. The van der Waals surface area contributed by atoms with Crippen molar-refractivity contribution in [1.82, 2.24) is 14.6 Å². The zero-order chi connectivity index (χ0) is 22.2. The molecule has 1 aliphatic rings. The summed E-state index contributed by atoms with van der Waals surface area (Å²) < 4.78 is 29.6. The Morgan fingerprint density at radius 2 is 1.81 bits per heavy atom. The Hall–Kier alpha value is -3.79. The first-order valence-corrected chi connectivity index (χ1v) is 10.5. The molecule has 0 bridgehead atoms. The molecule has 0 N–H and O–H groups in total. The normalized spacial score (nSPS) is 15.7. The first-order chi connectivity index (χ1) is 15.6. The van der Waals surface area contributed by atoms with Gasteiger partial charge in [-0.2, -0.15) is 9.50 Å². The molecule has 1 atom stereocenters. The first kappa shape index (κ1) is 20.1. The molecule has 0 fully saturated rings. The number of aromatic nitrogens is 3. The highest BCUT2D eigenvalue weighted by atomic mass is 32.1. The molecule has 3 heterocycles. The molecule has 0 saturated carbocycles. The summed E-state index contributed by atoms with van der Waals surface area (Å²) in [5, 5.41) is 4.38. The van der Waals surface area contributed by atoms with Gasteiger partial charge in [-0.05, 0) is 35.9 Å². The number of hydrogen-bond donors (Lipinski definition) is 0. The van der Waals surface area contributed by atoms with Crippen molar-refractivity contribution in [2.24, 2.45) is 0 Å². The highest BCUT2D eigenvalue weighted by Gasteiger charge is 2.27. The third-order valence-electron chi connectivity index (χ3n) is 4.98. The largest absolute Gasteiger partial charge is 0.493 e. The van der Waals surface area contributed by atoms with Crippen LogP contribution < -0.4 is 33.8 Å². The van der Waals surface area contributed by atoms with Gasteiger partial charge in [-0.25, -0.2) is 0 Å². The van der Waals surface area contributed by atoms with Gasteiger partial charge in [-0.1, -0.05) is 23.5 Å². The van der Waals surface area contributed by atoms with Gasteiger partial charge in [0.15, 0.2) is 34.9 Å². The smallest absolute Gasteiger partial charge is 0.291 e. The fraction of sp³-hybridized carbons (Fsp3) is 0.227. The molecule has 1 unspecified atom stereocenters. The van der Waals surface area contributed by atoms with E-state index in [1.165, 1.54) is 23.0 Å². The van der Waals surface area contributed by atoms with Crippen molar-refractivity contribution in [3.05, 3.63) is 62.7 Å². The van der Waals surface area contributed by atoms with Crippen molar-refractivity contribution in [3.8, 4) is 28.7 Å². The minimum Gasteiger partial charge on any atom is -0.493 e. The predicted molar refractivity (Wildman–Crippen MR) is 117 cm³/mol. The molecule has 164 valence electrons. The third-order valence-corrected chi connectivity index (χ3v) is 5.94. The van der Waals surface area contributed by atoms with Gasteiger partial charge < -0.3 is 23.7 Å². The Morgan fingerprint density at radius 1 is 1.09 bits per heavy atom. The van der Waals surface area contributed by atoms with E-state index in [1.807, 2.05) is 24.3 Å². The van der Waals surface area contributed by atoms with E-state index in [4.69, 9.17) is 23.7 Å². The Balaban J connectivity index is 1.50. The maximum Gasteiger partial charge on any atom is 0.291 e. The second-order valence-corrected chi connectivity index (χ2v) is 7.91. The van der Waals surface area contributed by atoms with Gasteiger partial charge in [0.25, 0.3) is 5.56 Å². The van der Waals surface area contributed by atoms with E-state index in [1.54, 1.807) is 32.4 Å². The number of para-hydroxylation sites is 2. The van der Waals surface area contributed by atoms with E-state index in [-0.39, 0.29) is 12.2 Å². The number of fused-ring (bicyclic) bond motifs is 2. The maximum absolute atomic E-state index is 12.9. The summed E-state index contributed by atoms with van der Waals surface area (Å²) in [6.45, 7) is 0.271. The van der Waals surface area contributed by atoms with Crippen LogP contribution in [0.2, 0.25) is 0 Å². The molecule has 4 aromatic rings. The summed E-state index contributed by atoms with van der Waals surface area (Å²) in [5.74, 6) is 3.20. The van der Waals surface area contributed by atoms with E-state index in [2.05, 4.69) is 10.1 Å². The molecule has 32 heavy (non-hydrogen) atoms. The summed E-state index contributed by atoms with van der Waals surface area (Å²) in [5.41, 5.74) is 0.455. The molecule has 10 heteroatoms. The maximum atomic E-state index is 12.9. The Bertz CT molecular complexity index is 1390. The molecule has 2 aromatic heterocycles. The lowest BCUT2D eigenvalue weighted by molar-refractivity contribution is 0.0852. The number of benzene rings is 2. The number of methoxy groups -OCH3 is 3. The van der Waals surface area contributed by atoms with Gasteiger partial charge >= 0.3 is 0 Å². The molecular weight excluding hydrogens is 434 g/mol. The average Bonchev–Trinajstić information content (AvgIpc) is 3.37. The lowest BCUT2D eigenvalue weighted by Crippen LogP contribution is -2.26. The van der Waals surface area contributed by atoms with Gasteiger partial charge in [0.1, 0.15) is 6.61 Å². The van der Waals surface area contributed by atoms with Crippen molar-refractivity contribution in [2.45, 2.75) is 6.10 Å². The Morgan fingerprint density at radius 3 is 2.47 bits per heavy atom. The predicted octanol–water partition coefficient (Wildman–Crippen LogP) is 2.24. The molecule has 0 radical (unpaired) electrons. The molecule has 2 aromatic carbocycles. The van der Waals surface area contributed by atoms with Crippen LogP contribution in [0.4, 0.5) is 0 Å². The number of hydrogen-bond acceptors (Lipinski definition) is 9. The summed E-state index contributed by atoms with van der Waals surface area (Å²) >= 11 is 1.24. The fourth-order valence-electron chi connectivity index (χ4n) is 3.47. The SMILES string of the molecule is COc1cc(C=c2sc3nc(C4COc5ccccc5O4)nn3c2=O)cc(OC)c1OC. The average molecular weight is 453 g/mol. The Kier molecular flexibility index (Phi) is 5.06. The molecule has 9 nitrogen and oxygen atoms in total. The third kappa shape index (κ3) is 3.38. The molecule has 0 spiro atoms. The molecule has 0 saturated heterocycles. The minimum atomic E-state index is -0.487. The van der Waals surface area contributed by atoms with Crippen LogP contribution in [0.5, 0.6) is 28.7 Å². The van der Waals surface area contributed by atoms with E-state index < -0.39 is 6.10 Å². The number of thiazole rings is 1. The highest BCUT2D eigenvalue weighted by Crippen LogP contribution is 2.38. The summed E-state index contributed by atoms with van der Waals surface area (Å²) in [6, 6.07) is 10.9. The van der Waals surface area contributed by atoms with Crippen molar-refractivity contribution in [1.29, 1.82) is 0 Å². The summed E-state index contributed by atoms with van der Waals surface area (Å²) in [7, 11) is 4.62. The van der Waals surface area contributed by atoms with Gasteiger partial charge in [0.2, 0.25) is 10.7 Å². The van der Waals surface area contributed by atoms with Crippen LogP contribution in [0.1, 0.15) is 17.5 Å². The monoisotopic (exact) mass is 453 g/mol. The van der Waals surface area contributed by atoms with Gasteiger partial charge in [-0.3, -0.25) is 4.79 Å². The molecular formula is C22H19N3O6S. The standard InChI is InChI=1S/C22H19N3O6S/c1-27-15-8-12(9-16(28-2)19(15)29-3)10-18-21(26)25-22(32-18)23-20(24-25)17-11-30-13-6-4-5-7-14(13)31-17/h4-10,17H,11H2,1-3H3. The first-order valence-electron chi connectivity index (χ1n) is 9.71. The second kappa shape index (κ2) is 8.04. The van der Waals surface area contributed by atoms with Crippen molar-refractivity contribution >= 4 is 22.4 Å². The number of nitrogens with zero attached hydrogens (tertiary/aromatic N) is 3. The van der Waals surface area contributed by atoms with E-state index in [0.717, 1.165) is 5.56 Å². The molecule has 5 rings (SSSR count). The zero-order valence-corrected chi connectivity index (χ0v) is 18.3. The molecule has 0 amide bonds. The van der Waals surface area contributed by atoms with Crippen LogP contribution in [0, 0.1) is 0 Å². The van der Waals surface area contributed by atoms with E-state index in [9.17, 15) is 4.79 Å². The second-order valence-electron chi connectivity index (χ2n) is 6.90. The van der Waals surface area contributed by atoms with Crippen LogP contribution in [0.15, 0.2) is 41.2 Å². The van der Waals surface area contributed by atoms with Crippen molar-refractivity contribution in [2.75, 3.05) is 27.9 Å². The van der Waals surface area contributed by atoms with E-state index in [0.29, 0.717) is 44.1 Å². The number of ether oxygens (including phenoxy) is 5. The van der Waals surface area contributed by atoms with Gasteiger partial charge in [-0.15, -0.1) is 5.10 Å². The molecule has 1 aliphatic heterocycles. The lowest BCUT2D eigenvalue weighted by atomic mass is 10.1. The van der Waals surface area contributed by atoms with Crippen LogP contribution >= 0.6 is 11.3 Å². The van der Waals surface area contributed by atoms with Crippen LogP contribution in [-0.2, 0) is 0 Å². The quantitative estimate of drug-likeness (QED) is 0.454. The zero-order valence-electron chi connectivity index (χ0n) is 17.5. The Labute approximate surface area is 186 Å². The van der Waals surface area contributed by atoms with Gasteiger partial charge in [0.05, 0.1) is 25.9 Å². The summed E-state index contributed by atoms with van der Waals surface area (Å²) in [4.78, 5) is 17.9. The van der Waals surface area contributed by atoms with Crippen LogP contribution in [0.3, 0.4) is 0 Å². The minimum absolute atomic E-state index is 0.269. The molecule has 0 aliphatic carbocycles. The van der Waals surface area contributed by atoms with Crippen molar-refractivity contribution < 1.29 is 23.7 Å². The topological polar surface area (TPSA) is 93.4 Å². The number of rotatable bonds is 5. The van der Waals surface area contributed by atoms with Crippen molar-refractivity contribution in [3.63, 3.8) is 0 Å². The van der Waals surface area contributed by atoms with Gasteiger partial charge in [0, 0.05) is 0 Å². The van der Waals surface area contributed by atoms with E-state index >= 15 is 0 Å².